The van der Waals surface area contributed by atoms with E-state index in [4.69, 9.17) is 3.07 Å². The summed E-state index contributed by atoms with van der Waals surface area (Å²) in [6, 6.07) is 7.54. The summed E-state index contributed by atoms with van der Waals surface area (Å²) in [5.41, 5.74) is 0. The van der Waals surface area contributed by atoms with Crippen LogP contribution >= 0.6 is 35.6 Å². The van der Waals surface area contributed by atoms with E-state index in [2.05, 4.69) is 12.6 Å². The first-order valence-electron chi connectivity index (χ1n) is 2.40. The number of benzene rings is 1. The van der Waals surface area contributed by atoms with Gasteiger partial charge in [0.15, 0.2) is 23.0 Å². The number of thiol groups is 1. The lowest BCUT2D eigenvalue weighted by atomic mass is 10.3. The van der Waals surface area contributed by atoms with Crippen LogP contribution in [0.4, 0.5) is 0 Å². The topological polar surface area (TPSA) is 9.23 Å². The van der Waals surface area contributed by atoms with Crippen molar-refractivity contribution in [2.24, 2.45) is 0 Å². The molecule has 0 heterocycles. The average molecular weight is 252 g/mol. The Hall–Kier alpha value is 0.100. The number of hydrogen-bond donors (Lipinski definition) is 1. The fourth-order valence-electron chi connectivity index (χ4n) is 0.532. The summed E-state index contributed by atoms with van der Waals surface area (Å²) in [5.74, 6) is 0.836. The predicted octanol–water partition coefficient (Wildman–Crippen LogP) is 2.70. The highest BCUT2D eigenvalue weighted by molar-refractivity contribution is 14.1. The maximum atomic E-state index is 4.92. The maximum Gasteiger partial charge on any atom is 0.192 e. The van der Waals surface area contributed by atoms with E-state index in [1.54, 1.807) is 0 Å². The number of hydrogen-bond acceptors (Lipinski definition) is 2. The van der Waals surface area contributed by atoms with Crippen LogP contribution in [-0.4, -0.2) is 0 Å². The third-order valence-electron chi connectivity index (χ3n) is 0.907. The van der Waals surface area contributed by atoms with Crippen LogP contribution in [0, 0.1) is 0 Å². The summed E-state index contributed by atoms with van der Waals surface area (Å²) in [7, 11) is 0. The molecule has 1 nitrogen and oxygen atoms in total. The molecule has 0 saturated carbocycles. The Morgan fingerprint density at radius 1 is 1.44 bits per heavy atom. The molecular weight excluding hydrogens is 247 g/mol. The van der Waals surface area contributed by atoms with Gasteiger partial charge in [-0.1, -0.05) is 6.07 Å². The van der Waals surface area contributed by atoms with Crippen LogP contribution in [-0.2, 0) is 0 Å². The molecule has 1 aromatic carbocycles. The molecule has 0 atom stereocenters. The van der Waals surface area contributed by atoms with Crippen LogP contribution in [0.15, 0.2) is 29.2 Å². The second-order valence-electron chi connectivity index (χ2n) is 1.57. The molecule has 3 heteroatoms. The molecule has 0 bridgehead atoms. The molecule has 0 fully saturated rings. The van der Waals surface area contributed by atoms with E-state index in [0.29, 0.717) is 0 Å². The standard InChI is InChI=1S/C6H5IOS/c7-8-5-2-1-3-6(9)4-5/h1-4,9H. The van der Waals surface area contributed by atoms with Gasteiger partial charge in [-0.3, -0.25) is 0 Å². The van der Waals surface area contributed by atoms with Gasteiger partial charge in [-0.25, -0.2) is 0 Å². The van der Waals surface area contributed by atoms with E-state index in [1.165, 1.54) is 0 Å². The molecule has 0 aromatic heterocycles. The second-order valence-corrected chi connectivity index (χ2v) is 2.53. The molecule has 0 radical (unpaired) electrons. The van der Waals surface area contributed by atoms with Crippen LogP contribution in [0.3, 0.4) is 0 Å². The smallest absolute Gasteiger partial charge is 0.192 e. The SMILES string of the molecule is Sc1cccc(OI)c1. The third-order valence-corrected chi connectivity index (χ3v) is 1.69. The second kappa shape index (κ2) is 3.31. The van der Waals surface area contributed by atoms with Crippen molar-refractivity contribution in [3.63, 3.8) is 0 Å². The molecule has 0 unspecified atom stereocenters. The minimum Gasteiger partial charge on any atom is -0.428 e. The van der Waals surface area contributed by atoms with Crippen LogP contribution in [0.5, 0.6) is 5.75 Å². The van der Waals surface area contributed by atoms with E-state index < -0.39 is 0 Å². The van der Waals surface area contributed by atoms with Crippen molar-refractivity contribution in [2.75, 3.05) is 0 Å². The molecule has 9 heavy (non-hydrogen) atoms. The van der Waals surface area contributed by atoms with Gasteiger partial charge in [0.05, 0.1) is 0 Å². The Labute approximate surface area is 73.5 Å². The van der Waals surface area contributed by atoms with Gasteiger partial charge in [-0.15, -0.1) is 12.6 Å². The Bertz CT molecular complexity index is 202. The Balaban J connectivity index is 2.94. The molecule has 1 rings (SSSR count). The highest BCUT2D eigenvalue weighted by Crippen LogP contribution is 2.16. The minimum atomic E-state index is 0.836. The summed E-state index contributed by atoms with van der Waals surface area (Å²) in [6.07, 6.45) is 0. The highest BCUT2D eigenvalue weighted by Gasteiger charge is 1.88. The predicted molar refractivity (Wildman–Crippen MR) is 48.3 cm³/mol. The van der Waals surface area contributed by atoms with E-state index in [0.717, 1.165) is 10.6 Å². The zero-order chi connectivity index (χ0) is 6.69. The monoisotopic (exact) mass is 252 g/mol. The van der Waals surface area contributed by atoms with E-state index in [9.17, 15) is 0 Å². The zero-order valence-electron chi connectivity index (χ0n) is 4.54. The van der Waals surface area contributed by atoms with Gasteiger partial charge in [-0.2, -0.15) is 0 Å². The zero-order valence-corrected chi connectivity index (χ0v) is 7.59. The van der Waals surface area contributed by atoms with Crippen molar-refractivity contribution in [1.82, 2.24) is 0 Å². The van der Waals surface area contributed by atoms with E-state index in [1.807, 2.05) is 47.3 Å². The fourth-order valence-corrected chi connectivity index (χ4v) is 1.02. The molecule has 0 amide bonds. The molecule has 0 aliphatic rings. The van der Waals surface area contributed by atoms with Crippen molar-refractivity contribution in [3.8, 4) is 5.75 Å². The molecule has 1 aromatic rings. The summed E-state index contributed by atoms with van der Waals surface area (Å²) in [5, 5.41) is 0. The van der Waals surface area contributed by atoms with Gasteiger partial charge in [-0.05, 0) is 18.2 Å². The van der Waals surface area contributed by atoms with Crippen LogP contribution in [0.25, 0.3) is 0 Å². The van der Waals surface area contributed by atoms with Gasteiger partial charge in [0.2, 0.25) is 0 Å². The van der Waals surface area contributed by atoms with Crippen LogP contribution in [0.2, 0.25) is 0 Å². The van der Waals surface area contributed by atoms with Gasteiger partial charge in [0.1, 0.15) is 5.75 Å². The summed E-state index contributed by atoms with van der Waals surface area (Å²) in [6.45, 7) is 0. The van der Waals surface area contributed by atoms with Gasteiger partial charge in [0.25, 0.3) is 0 Å². The lowest BCUT2D eigenvalue weighted by Crippen LogP contribution is -1.71. The Kier molecular flexibility index (Phi) is 2.65. The van der Waals surface area contributed by atoms with E-state index >= 15 is 0 Å². The molecule has 0 N–H and O–H groups in total. The lowest BCUT2D eigenvalue weighted by Gasteiger charge is -1.94. The lowest BCUT2D eigenvalue weighted by molar-refractivity contribution is 0.714. The Morgan fingerprint density at radius 2 is 2.22 bits per heavy atom. The van der Waals surface area contributed by atoms with Crippen molar-refractivity contribution in [2.45, 2.75) is 4.90 Å². The first-order valence-corrected chi connectivity index (χ1v) is 3.73. The summed E-state index contributed by atoms with van der Waals surface area (Å²) in [4.78, 5) is 0.921. The van der Waals surface area contributed by atoms with Crippen LogP contribution < -0.4 is 3.07 Å². The molecule has 0 aliphatic heterocycles. The number of halogens is 1. The normalized spacial score (nSPS) is 9.11. The van der Waals surface area contributed by atoms with Gasteiger partial charge >= 0.3 is 0 Å². The molecule has 0 aliphatic carbocycles. The Morgan fingerprint density at radius 3 is 2.67 bits per heavy atom. The minimum absolute atomic E-state index is 0.836. The fraction of sp³-hybridized carbons (Fsp3) is 0. The van der Waals surface area contributed by atoms with Crippen molar-refractivity contribution < 1.29 is 3.07 Å². The largest absolute Gasteiger partial charge is 0.428 e. The van der Waals surface area contributed by atoms with Crippen molar-refractivity contribution in [3.05, 3.63) is 24.3 Å². The van der Waals surface area contributed by atoms with Crippen molar-refractivity contribution in [1.29, 1.82) is 0 Å². The van der Waals surface area contributed by atoms with Crippen LogP contribution in [0.1, 0.15) is 0 Å². The maximum absolute atomic E-state index is 4.92. The summed E-state index contributed by atoms with van der Waals surface area (Å²) >= 11 is 5.96. The van der Waals surface area contributed by atoms with Gasteiger partial charge < -0.3 is 3.07 Å². The molecule has 48 valence electrons. The first kappa shape index (κ1) is 7.21. The van der Waals surface area contributed by atoms with E-state index in [-0.39, 0.29) is 0 Å². The third kappa shape index (κ3) is 2.06. The summed E-state index contributed by atoms with van der Waals surface area (Å²) < 4.78 is 4.92. The molecule has 0 saturated heterocycles. The highest BCUT2D eigenvalue weighted by atomic mass is 127. The average Bonchev–Trinajstić information content (AvgIpc) is 1.88. The molecular formula is C6H5IOS. The first-order chi connectivity index (χ1) is 4.33. The molecule has 0 spiro atoms. The quantitative estimate of drug-likeness (QED) is 0.597. The number of rotatable bonds is 1. The van der Waals surface area contributed by atoms with Gasteiger partial charge in [0, 0.05) is 4.90 Å². The van der Waals surface area contributed by atoms with Crippen molar-refractivity contribution >= 4 is 35.6 Å².